The number of amides is 1. The number of anilines is 2. The summed E-state index contributed by atoms with van der Waals surface area (Å²) in [6, 6.07) is 18.4. The van der Waals surface area contributed by atoms with Gasteiger partial charge in [-0.05, 0) is 55.3 Å². The summed E-state index contributed by atoms with van der Waals surface area (Å²) in [6.07, 6.45) is 0. The number of nitrogens with zero attached hydrogens (tertiary/aromatic N) is 1. The molecule has 0 atom stereocenters. The summed E-state index contributed by atoms with van der Waals surface area (Å²) < 4.78 is 38.7. The van der Waals surface area contributed by atoms with E-state index >= 15 is 0 Å². The van der Waals surface area contributed by atoms with E-state index in [1.165, 1.54) is 26.4 Å². The number of hydrogen-bond donors (Lipinski definition) is 1. The van der Waals surface area contributed by atoms with Crippen LogP contribution in [0.4, 0.5) is 11.4 Å². The van der Waals surface area contributed by atoms with E-state index in [-0.39, 0.29) is 16.3 Å². The second kappa shape index (κ2) is 9.74. The van der Waals surface area contributed by atoms with E-state index in [1.807, 2.05) is 32.0 Å². The molecule has 168 valence electrons. The first-order chi connectivity index (χ1) is 15.3. The molecule has 3 rings (SSSR count). The first-order valence-corrected chi connectivity index (χ1v) is 11.4. The van der Waals surface area contributed by atoms with Crippen molar-refractivity contribution < 1.29 is 22.7 Å². The topological polar surface area (TPSA) is 84.9 Å². The maximum Gasteiger partial charge on any atom is 0.264 e. The van der Waals surface area contributed by atoms with Crippen molar-refractivity contribution in [2.75, 3.05) is 30.4 Å². The Morgan fingerprint density at radius 2 is 1.66 bits per heavy atom. The molecule has 3 aromatic carbocycles. The fraction of sp³-hybridized carbons (Fsp3) is 0.208. The lowest BCUT2D eigenvalue weighted by atomic mass is 10.1. The lowest BCUT2D eigenvalue weighted by Crippen LogP contribution is -2.38. The lowest BCUT2D eigenvalue weighted by molar-refractivity contribution is -0.114. The smallest absolute Gasteiger partial charge is 0.264 e. The zero-order valence-corrected chi connectivity index (χ0v) is 19.3. The average Bonchev–Trinajstić information content (AvgIpc) is 2.80. The minimum atomic E-state index is -4.06. The quantitative estimate of drug-likeness (QED) is 0.553. The van der Waals surface area contributed by atoms with Gasteiger partial charge in [0, 0.05) is 11.8 Å². The first kappa shape index (κ1) is 23.1. The van der Waals surface area contributed by atoms with Crippen LogP contribution in [0.1, 0.15) is 11.1 Å². The van der Waals surface area contributed by atoms with E-state index in [4.69, 9.17) is 9.47 Å². The van der Waals surface area contributed by atoms with Gasteiger partial charge in [0.15, 0.2) is 0 Å². The van der Waals surface area contributed by atoms with Crippen LogP contribution < -0.4 is 19.1 Å². The van der Waals surface area contributed by atoms with Gasteiger partial charge in [0.25, 0.3) is 10.0 Å². The van der Waals surface area contributed by atoms with Crippen LogP contribution in [0.2, 0.25) is 0 Å². The Kier molecular flexibility index (Phi) is 7.05. The summed E-state index contributed by atoms with van der Waals surface area (Å²) in [5.74, 6) is 0.293. The van der Waals surface area contributed by atoms with Crippen molar-refractivity contribution in [3.05, 3.63) is 77.9 Å². The first-order valence-electron chi connectivity index (χ1n) is 9.93. The van der Waals surface area contributed by atoms with Crippen LogP contribution in [-0.4, -0.2) is 35.1 Å². The molecular weight excluding hydrogens is 428 g/mol. The summed E-state index contributed by atoms with van der Waals surface area (Å²) in [6.45, 7) is 3.36. The number of ether oxygens (including phenoxy) is 2. The molecule has 0 aliphatic rings. The van der Waals surface area contributed by atoms with Crippen LogP contribution in [0.25, 0.3) is 0 Å². The van der Waals surface area contributed by atoms with Gasteiger partial charge in [-0.25, -0.2) is 8.42 Å². The fourth-order valence-corrected chi connectivity index (χ4v) is 4.65. The molecule has 0 saturated carbocycles. The zero-order chi connectivity index (χ0) is 23.3. The summed E-state index contributed by atoms with van der Waals surface area (Å²) >= 11 is 0. The maximum atomic E-state index is 13.5. The number of carbonyl (C=O) groups excluding carboxylic acids is 1. The molecule has 0 heterocycles. The van der Waals surface area contributed by atoms with E-state index in [0.29, 0.717) is 11.4 Å². The molecule has 0 unspecified atom stereocenters. The van der Waals surface area contributed by atoms with Gasteiger partial charge in [-0.3, -0.25) is 9.10 Å². The van der Waals surface area contributed by atoms with Crippen LogP contribution in [0.15, 0.2) is 71.6 Å². The second-order valence-electron chi connectivity index (χ2n) is 7.23. The molecule has 1 amide bonds. The molecule has 3 aromatic rings. The second-order valence-corrected chi connectivity index (χ2v) is 9.09. The predicted octanol–water partition coefficient (Wildman–Crippen LogP) is 4.15. The molecule has 0 saturated heterocycles. The normalized spacial score (nSPS) is 11.0. The SMILES string of the molecule is COc1ccc(N(CC(=O)Nc2cc(C)ccc2C)S(=O)(=O)c2ccccc2)c(OC)c1. The summed E-state index contributed by atoms with van der Waals surface area (Å²) in [7, 11) is -1.12. The van der Waals surface area contributed by atoms with Gasteiger partial charge < -0.3 is 14.8 Å². The van der Waals surface area contributed by atoms with Gasteiger partial charge in [0.2, 0.25) is 5.91 Å². The standard InChI is InChI=1S/C24H26N2O5S/c1-17-10-11-18(2)21(14-17)25-24(27)16-26(32(28,29)20-8-6-5-7-9-20)22-13-12-19(30-3)15-23(22)31-4/h5-15H,16H2,1-4H3,(H,25,27). The Morgan fingerprint density at radius 3 is 2.31 bits per heavy atom. The van der Waals surface area contributed by atoms with Gasteiger partial charge in [-0.2, -0.15) is 0 Å². The summed E-state index contributed by atoms with van der Waals surface area (Å²) in [5, 5.41) is 2.82. The van der Waals surface area contributed by atoms with E-state index in [9.17, 15) is 13.2 Å². The highest BCUT2D eigenvalue weighted by Crippen LogP contribution is 2.35. The Balaban J connectivity index is 2.03. The lowest BCUT2D eigenvalue weighted by Gasteiger charge is -2.26. The van der Waals surface area contributed by atoms with E-state index in [0.717, 1.165) is 15.4 Å². The largest absolute Gasteiger partial charge is 0.497 e. The van der Waals surface area contributed by atoms with E-state index in [1.54, 1.807) is 36.4 Å². The highest BCUT2D eigenvalue weighted by Gasteiger charge is 2.29. The molecule has 0 aliphatic carbocycles. The predicted molar refractivity (Wildman–Crippen MR) is 125 cm³/mol. The molecule has 7 nitrogen and oxygen atoms in total. The van der Waals surface area contributed by atoms with Crippen molar-refractivity contribution in [1.29, 1.82) is 0 Å². The van der Waals surface area contributed by atoms with Crippen molar-refractivity contribution in [3.8, 4) is 11.5 Å². The monoisotopic (exact) mass is 454 g/mol. The molecule has 0 spiro atoms. The zero-order valence-electron chi connectivity index (χ0n) is 18.5. The molecule has 8 heteroatoms. The highest BCUT2D eigenvalue weighted by atomic mass is 32.2. The van der Waals surface area contributed by atoms with E-state index < -0.39 is 22.5 Å². The summed E-state index contributed by atoms with van der Waals surface area (Å²) in [4.78, 5) is 13.0. The number of hydrogen-bond acceptors (Lipinski definition) is 5. The third-order valence-electron chi connectivity index (χ3n) is 4.94. The third-order valence-corrected chi connectivity index (χ3v) is 6.72. The number of aryl methyl sites for hydroxylation is 2. The molecule has 1 N–H and O–H groups in total. The number of rotatable bonds is 8. The minimum Gasteiger partial charge on any atom is -0.497 e. The number of methoxy groups -OCH3 is 2. The number of sulfonamides is 1. The van der Waals surface area contributed by atoms with Crippen LogP contribution >= 0.6 is 0 Å². The van der Waals surface area contributed by atoms with Crippen LogP contribution in [0, 0.1) is 13.8 Å². The number of benzene rings is 3. The van der Waals surface area contributed by atoms with Crippen molar-refractivity contribution in [2.24, 2.45) is 0 Å². The fourth-order valence-electron chi connectivity index (χ4n) is 3.20. The maximum absolute atomic E-state index is 13.5. The molecular formula is C24H26N2O5S. The third kappa shape index (κ3) is 5.03. The van der Waals surface area contributed by atoms with Crippen molar-refractivity contribution in [1.82, 2.24) is 0 Å². The molecule has 0 bridgehead atoms. The molecule has 0 fully saturated rings. The van der Waals surface area contributed by atoms with Gasteiger partial charge in [-0.1, -0.05) is 30.3 Å². The van der Waals surface area contributed by atoms with Crippen molar-refractivity contribution in [2.45, 2.75) is 18.7 Å². The van der Waals surface area contributed by atoms with Crippen LogP contribution in [0.5, 0.6) is 11.5 Å². The minimum absolute atomic E-state index is 0.0670. The average molecular weight is 455 g/mol. The molecule has 0 radical (unpaired) electrons. The van der Waals surface area contributed by atoms with Crippen LogP contribution in [-0.2, 0) is 14.8 Å². The Bertz CT molecular complexity index is 1210. The Hall–Kier alpha value is -3.52. The highest BCUT2D eigenvalue weighted by molar-refractivity contribution is 7.92. The molecule has 32 heavy (non-hydrogen) atoms. The Morgan fingerprint density at radius 1 is 0.938 bits per heavy atom. The van der Waals surface area contributed by atoms with Crippen LogP contribution in [0.3, 0.4) is 0 Å². The van der Waals surface area contributed by atoms with Crippen molar-refractivity contribution in [3.63, 3.8) is 0 Å². The molecule has 0 aliphatic heterocycles. The van der Waals surface area contributed by atoms with E-state index in [2.05, 4.69) is 5.32 Å². The van der Waals surface area contributed by atoms with Gasteiger partial charge in [0.05, 0.1) is 24.8 Å². The van der Waals surface area contributed by atoms with Gasteiger partial charge >= 0.3 is 0 Å². The Labute approximate surface area is 188 Å². The van der Waals surface area contributed by atoms with Gasteiger partial charge in [-0.15, -0.1) is 0 Å². The number of carbonyl (C=O) groups is 1. The van der Waals surface area contributed by atoms with Gasteiger partial charge in [0.1, 0.15) is 18.0 Å². The number of nitrogens with one attached hydrogen (secondary N) is 1. The van der Waals surface area contributed by atoms with Crippen molar-refractivity contribution >= 4 is 27.3 Å². The molecule has 0 aromatic heterocycles. The summed E-state index contributed by atoms with van der Waals surface area (Å²) in [5.41, 5.74) is 2.72.